The lowest BCUT2D eigenvalue weighted by atomic mass is 10.2. The standard InChI is InChI=1S/2C7H6INO/c2*8-6-1-2-7(9)5(3-6)4-10/h2*1-4H,9H2. The van der Waals surface area contributed by atoms with Crippen LogP contribution in [0.4, 0.5) is 11.4 Å². The van der Waals surface area contributed by atoms with Crippen LogP contribution in [0, 0.1) is 7.14 Å². The molecule has 0 aliphatic carbocycles. The Bertz CT molecular complexity index is 575. The number of hydrogen-bond acceptors (Lipinski definition) is 4. The van der Waals surface area contributed by atoms with Crippen LogP contribution in [0.15, 0.2) is 36.4 Å². The summed E-state index contributed by atoms with van der Waals surface area (Å²) < 4.78 is 2.04. The molecule has 0 amide bonds. The number of nitrogens with two attached hydrogens (primary N) is 2. The van der Waals surface area contributed by atoms with Crippen molar-refractivity contribution in [2.45, 2.75) is 0 Å². The fourth-order valence-electron chi connectivity index (χ4n) is 1.30. The van der Waals surface area contributed by atoms with E-state index in [9.17, 15) is 9.59 Å². The zero-order chi connectivity index (χ0) is 15.1. The first-order chi connectivity index (χ1) is 9.47. The Labute approximate surface area is 144 Å². The molecule has 0 aromatic heterocycles. The van der Waals surface area contributed by atoms with Crippen molar-refractivity contribution in [3.8, 4) is 0 Å². The number of halogens is 2. The number of aldehydes is 2. The smallest absolute Gasteiger partial charge is 0.152 e. The summed E-state index contributed by atoms with van der Waals surface area (Å²) in [6, 6.07) is 10.7. The van der Waals surface area contributed by atoms with Gasteiger partial charge >= 0.3 is 0 Å². The SMILES string of the molecule is Nc1ccc(I)cc1C=O.Nc1ccc(I)cc1C=O. The predicted octanol–water partition coefficient (Wildman–Crippen LogP) is 3.37. The molecule has 0 saturated carbocycles. The molecule has 0 aliphatic rings. The van der Waals surface area contributed by atoms with E-state index in [1.54, 1.807) is 24.3 Å². The van der Waals surface area contributed by atoms with Gasteiger partial charge in [0.15, 0.2) is 12.6 Å². The summed E-state index contributed by atoms with van der Waals surface area (Å²) in [7, 11) is 0. The molecule has 0 saturated heterocycles. The maximum absolute atomic E-state index is 10.3. The van der Waals surface area contributed by atoms with E-state index in [1.807, 2.05) is 12.1 Å². The molecular formula is C14H12I2N2O2. The Balaban J connectivity index is 0.000000200. The van der Waals surface area contributed by atoms with Crippen LogP contribution in [-0.2, 0) is 0 Å². The number of anilines is 2. The number of carbonyl (C=O) groups excluding carboxylic acids is 2. The Morgan fingerprint density at radius 3 is 1.35 bits per heavy atom. The average Bonchev–Trinajstić information content (AvgIpc) is 2.44. The maximum Gasteiger partial charge on any atom is 0.152 e. The molecule has 0 spiro atoms. The quantitative estimate of drug-likeness (QED) is 0.381. The number of nitrogen functional groups attached to an aromatic ring is 2. The van der Waals surface area contributed by atoms with Crippen LogP contribution in [0.3, 0.4) is 0 Å². The first-order valence-corrected chi connectivity index (χ1v) is 7.64. The number of benzene rings is 2. The zero-order valence-electron chi connectivity index (χ0n) is 10.3. The van der Waals surface area contributed by atoms with Gasteiger partial charge in [0, 0.05) is 29.6 Å². The van der Waals surface area contributed by atoms with Crippen LogP contribution in [0.2, 0.25) is 0 Å². The zero-order valence-corrected chi connectivity index (χ0v) is 14.7. The van der Waals surface area contributed by atoms with Crippen LogP contribution in [0.1, 0.15) is 20.7 Å². The summed E-state index contributed by atoms with van der Waals surface area (Å²) in [6.07, 6.45) is 1.52. The van der Waals surface area contributed by atoms with Crippen LogP contribution in [0.25, 0.3) is 0 Å². The summed E-state index contributed by atoms with van der Waals surface area (Å²) in [4.78, 5) is 20.6. The van der Waals surface area contributed by atoms with Gasteiger partial charge in [-0.15, -0.1) is 0 Å². The molecule has 0 radical (unpaired) electrons. The fraction of sp³-hybridized carbons (Fsp3) is 0. The predicted molar refractivity (Wildman–Crippen MR) is 97.9 cm³/mol. The van der Waals surface area contributed by atoms with Crippen molar-refractivity contribution in [2.24, 2.45) is 0 Å². The Morgan fingerprint density at radius 1 is 0.750 bits per heavy atom. The number of hydrogen-bond donors (Lipinski definition) is 2. The van der Waals surface area contributed by atoms with Gasteiger partial charge in [0.2, 0.25) is 0 Å². The monoisotopic (exact) mass is 494 g/mol. The van der Waals surface area contributed by atoms with E-state index in [0.29, 0.717) is 22.5 Å². The number of carbonyl (C=O) groups is 2. The third kappa shape index (κ3) is 5.08. The molecule has 0 fully saturated rings. The molecule has 0 heterocycles. The molecule has 4 N–H and O–H groups in total. The van der Waals surface area contributed by atoms with Crippen molar-refractivity contribution in [3.05, 3.63) is 54.7 Å². The average molecular weight is 494 g/mol. The molecule has 0 aliphatic heterocycles. The van der Waals surface area contributed by atoms with Gasteiger partial charge in [-0.1, -0.05) is 0 Å². The second kappa shape index (κ2) is 8.20. The molecule has 104 valence electrons. The third-order valence-corrected chi connectivity index (χ3v) is 3.69. The lowest BCUT2D eigenvalue weighted by Crippen LogP contribution is -1.92. The molecule has 0 bridgehead atoms. The Hall–Kier alpha value is -1.16. The minimum absolute atomic E-state index is 0.537. The largest absolute Gasteiger partial charge is 0.398 e. The van der Waals surface area contributed by atoms with Crippen LogP contribution < -0.4 is 11.5 Å². The van der Waals surface area contributed by atoms with E-state index >= 15 is 0 Å². The van der Waals surface area contributed by atoms with Crippen molar-refractivity contribution in [1.82, 2.24) is 0 Å². The minimum Gasteiger partial charge on any atom is -0.398 e. The summed E-state index contributed by atoms with van der Waals surface area (Å²) in [6.45, 7) is 0. The molecule has 2 aromatic carbocycles. The van der Waals surface area contributed by atoms with Gasteiger partial charge in [0.25, 0.3) is 0 Å². The minimum atomic E-state index is 0.537. The lowest BCUT2D eigenvalue weighted by molar-refractivity contribution is 0.111. The molecule has 20 heavy (non-hydrogen) atoms. The fourth-order valence-corrected chi connectivity index (χ4v) is 2.33. The topological polar surface area (TPSA) is 86.2 Å². The summed E-state index contributed by atoms with van der Waals surface area (Å²) >= 11 is 4.26. The first-order valence-electron chi connectivity index (χ1n) is 5.48. The molecule has 2 aromatic rings. The Kier molecular flexibility index (Phi) is 6.93. The Morgan fingerprint density at radius 2 is 1.10 bits per heavy atom. The van der Waals surface area contributed by atoms with Gasteiger partial charge in [-0.3, -0.25) is 9.59 Å². The normalized spacial score (nSPS) is 9.30. The maximum atomic E-state index is 10.3. The summed E-state index contributed by atoms with van der Waals surface area (Å²) in [5.74, 6) is 0. The van der Waals surface area contributed by atoms with Gasteiger partial charge in [-0.05, 0) is 81.6 Å². The highest BCUT2D eigenvalue weighted by Gasteiger charge is 1.96. The van der Waals surface area contributed by atoms with Crippen molar-refractivity contribution in [2.75, 3.05) is 11.5 Å². The highest BCUT2D eigenvalue weighted by atomic mass is 127. The second-order valence-corrected chi connectivity index (χ2v) is 6.27. The van der Waals surface area contributed by atoms with E-state index in [2.05, 4.69) is 45.2 Å². The van der Waals surface area contributed by atoms with Gasteiger partial charge in [0.1, 0.15) is 0 Å². The van der Waals surface area contributed by atoms with Crippen molar-refractivity contribution >= 4 is 69.1 Å². The highest BCUT2D eigenvalue weighted by Crippen LogP contribution is 2.13. The number of rotatable bonds is 2. The van der Waals surface area contributed by atoms with Crippen LogP contribution in [-0.4, -0.2) is 12.6 Å². The van der Waals surface area contributed by atoms with Crippen LogP contribution in [0.5, 0.6) is 0 Å². The van der Waals surface area contributed by atoms with Crippen LogP contribution >= 0.6 is 45.2 Å². The van der Waals surface area contributed by atoms with Gasteiger partial charge in [-0.2, -0.15) is 0 Å². The van der Waals surface area contributed by atoms with Crippen molar-refractivity contribution < 1.29 is 9.59 Å². The molecule has 0 unspecified atom stereocenters. The van der Waals surface area contributed by atoms with Gasteiger partial charge < -0.3 is 11.5 Å². The van der Waals surface area contributed by atoms with E-state index in [0.717, 1.165) is 19.7 Å². The summed E-state index contributed by atoms with van der Waals surface area (Å²) in [5.41, 5.74) is 13.1. The van der Waals surface area contributed by atoms with E-state index < -0.39 is 0 Å². The van der Waals surface area contributed by atoms with Crippen molar-refractivity contribution in [1.29, 1.82) is 0 Å². The third-order valence-electron chi connectivity index (χ3n) is 2.35. The first kappa shape index (κ1) is 16.9. The van der Waals surface area contributed by atoms with Gasteiger partial charge in [-0.25, -0.2) is 0 Å². The van der Waals surface area contributed by atoms with E-state index in [1.165, 1.54) is 0 Å². The van der Waals surface area contributed by atoms with Crippen molar-refractivity contribution in [3.63, 3.8) is 0 Å². The summed E-state index contributed by atoms with van der Waals surface area (Å²) in [5, 5.41) is 0. The van der Waals surface area contributed by atoms with E-state index in [4.69, 9.17) is 11.5 Å². The molecule has 4 nitrogen and oxygen atoms in total. The highest BCUT2D eigenvalue weighted by molar-refractivity contribution is 14.1. The second-order valence-electron chi connectivity index (χ2n) is 3.78. The lowest BCUT2D eigenvalue weighted by Gasteiger charge is -1.96. The molecular weight excluding hydrogens is 482 g/mol. The molecule has 2 rings (SSSR count). The van der Waals surface area contributed by atoms with E-state index in [-0.39, 0.29) is 0 Å². The molecule has 6 heteroatoms. The molecule has 0 atom stereocenters. The van der Waals surface area contributed by atoms with Gasteiger partial charge in [0.05, 0.1) is 0 Å².